The summed E-state index contributed by atoms with van der Waals surface area (Å²) in [5, 5.41) is 9.32. The Morgan fingerprint density at radius 2 is 2.27 bits per heavy atom. The Kier molecular flexibility index (Phi) is 4.91. The average molecular weight is 226 g/mol. The van der Waals surface area contributed by atoms with Crippen molar-refractivity contribution in [1.82, 2.24) is 4.98 Å². The molecule has 0 amide bonds. The molecule has 3 nitrogen and oxygen atoms in total. The van der Waals surface area contributed by atoms with E-state index in [9.17, 15) is 5.11 Å². The maximum absolute atomic E-state index is 9.32. The molecule has 0 unspecified atom stereocenters. The van der Waals surface area contributed by atoms with Crippen LogP contribution in [0.4, 0.5) is 5.69 Å². The zero-order valence-electron chi connectivity index (χ0n) is 9.47. The van der Waals surface area contributed by atoms with E-state index in [0.717, 1.165) is 23.7 Å². The van der Waals surface area contributed by atoms with Gasteiger partial charge in [0.25, 0.3) is 0 Å². The molecule has 1 heterocycles. The highest BCUT2D eigenvalue weighted by atomic mass is 32.2. The van der Waals surface area contributed by atoms with E-state index in [1.165, 1.54) is 0 Å². The van der Waals surface area contributed by atoms with Crippen molar-refractivity contribution >= 4 is 17.4 Å². The molecule has 0 radical (unpaired) electrons. The van der Waals surface area contributed by atoms with Gasteiger partial charge in [0.05, 0.1) is 23.7 Å². The van der Waals surface area contributed by atoms with Gasteiger partial charge in [0, 0.05) is 19.3 Å². The summed E-state index contributed by atoms with van der Waals surface area (Å²) in [6.45, 7) is 2.73. The van der Waals surface area contributed by atoms with Crippen molar-refractivity contribution in [1.29, 1.82) is 0 Å². The molecular weight excluding hydrogens is 208 g/mol. The predicted molar refractivity (Wildman–Crippen MR) is 66.5 cm³/mol. The quantitative estimate of drug-likeness (QED) is 0.832. The summed E-state index contributed by atoms with van der Waals surface area (Å²) in [6.07, 6.45) is 3.42. The maximum atomic E-state index is 9.32. The lowest BCUT2D eigenvalue weighted by Crippen LogP contribution is -2.20. The van der Waals surface area contributed by atoms with E-state index in [2.05, 4.69) is 23.2 Å². The van der Waals surface area contributed by atoms with Gasteiger partial charge in [0.1, 0.15) is 0 Å². The van der Waals surface area contributed by atoms with Gasteiger partial charge in [0.15, 0.2) is 0 Å². The van der Waals surface area contributed by atoms with Crippen molar-refractivity contribution < 1.29 is 5.11 Å². The molecule has 1 atom stereocenters. The Balaban J connectivity index is 2.62. The zero-order valence-corrected chi connectivity index (χ0v) is 10.3. The summed E-state index contributed by atoms with van der Waals surface area (Å²) in [5.74, 6) is 1.11. The van der Waals surface area contributed by atoms with Crippen LogP contribution in [-0.4, -0.2) is 35.7 Å². The van der Waals surface area contributed by atoms with Crippen molar-refractivity contribution in [3.63, 3.8) is 0 Å². The number of pyridine rings is 1. The third kappa shape index (κ3) is 3.72. The van der Waals surface area contributed by atoms with Crippen LogP contribution in [0.2, 0.25) is 0 Å². The molecule has 0 saturated heterocycles. The number of rotatable bonds is 5. The second-order valence-corrected chi connectivity index (χ2v) is 4.52. The largest absolute Gasteiger partial charge is 0.387 e. The van der Waals surface area contributed by atoms with Gasteiger partial charge in [-0.1, -0.05) is 0 Å². The van der Waals surface area contributed by atoms with Crippen molar-refractivity contribution in [2.45, 2.75) is 13.0 Å². The highest BCUT2D eigenvalue weighted by molar-refractivity contribution is 7.98. The van der Waals surface area contributed by atoms with Crippen LogP contribution in [0.25, 0.3) is 0 Å². The van der Waals surface area contributed by atoms with Gasteiger partial charge < -0.3 is 10.0 Å². The van der Waals surface area contributed by atoms with E-state index in [-0.39, 0.29) is 0 Å². The van der Waals surface area contributed by atoms with E-state index in [1.807, 2.05) is 30.1 Å². The highest BCUT2D eigenvalue weighted by Gasteiger charge is 2.04. The monoisotopic (exact) mass is 226 g/mol. The van der Waals surface area contributed by atoms with E-state index in [0.29, 0.717) is 0 Å². The van der Waals surface area contributed by atoms with Crippen molar-refractivity contribution in [3.8, 4) is 0 Å². The fourth-order valence-corrected chi connectivity index (χ4v) is 1.68. The minimum Gasteiger partial charge on any atom is -0.387 e. The number of hydrogen-bond donors (Lipinski definition) is 1. The molecule has 0 aliphatic carbocycles. The van der Waals surface area contributed by atoms with Gasteiger partial charge in [-0.15, -0.1) is 0 Å². The molecule has 1 rings (SSSR count). The Morgan fingerprint density at radius 1 is 1.53 bits per heavy atom. The Bertz CT molecular complexity index is 287. The second-order valence-electron chi connectivity index (χ2n) is 3.53. The van der Waals surface area contributed by atoms with Crippen molar-refractivity contribution in [3.05, 3.63) is 24.0 Å². The summed E-state index contributed by atoms with van der Waals surface area (Å²) in [4.78, 5) is 6.37. The van der Waals surface area contributed by atoms with Crippen LogP contribution < -0.4 is 4.90 Å². The Labute approximate surface area is 95.5 Å². The highest BCUT2D eigenvalue weighted by Crippen LogP contribution is 2.15. The molecule has 1 aromatic rings. The number of aromatic nitrogens is 1. The van der Waals surface area contributed by atoms with Gasteiger partial charge in [-0.05, 0) is 25.3 Å². The summed E-state index contributed by atoms with van der Waals surface area (Å²) in [6, 6.07) is 3.87. The third-order valence-corrected chi connectivity index (χ3v) is 2.86. The van der Waals surface area contributed by atoms with E-state index < -0.39 is 6.10 Å². The van der Waals surface area contributed by atoms with Crippen LogP contribution in [0.15, 0.2) is 18.3 Å². The lowest BCUT2D eigenvalue weighted by atomic mass is 10.2. The lowest BCUT2D eigenvalue weighted by Gasteiger charge is -2.18. The maximum Gasteiger partial charge on any atom is 0.0931 e. The third-order valence-electron chi connectivity index (χ3n) is 2.27. The minimum absolute atomic E-state index is 0.490. The molecule has 0 bridgehead atoms. The van der Waals surface area contributed by atoms with Gasteiger partial charge >= 0.3 is 0 Å². The number of hydrogen-bond acceptors (Lipinski definition) is 4. The molecule has 15 heavy (non-hydrogen) atoms. The predicted octanol–water partition coefficient (Wildman–Crippen LogP) is 1.93. The van der Waals surface area contributed by atoms with Crippen LogP contribution in [0.5, 0.6) is 0 Å². The van der Waals surface area contributed by atoms with Crippen molar-refractivity contribution in [2.75, 3.05) is 30.5 Å². The SMILES string of the molecule is CSCCN(C)c1ccc([C@@H](C)O)nc1. The topological polar surface area (TPSA) is 36.4 Å². The second kappa shape index (κ2) is 5.98. The molecule has 0 fully saturated rings. The molecule has 0 aliphatic rings. The first-order valence-electron chi connectivity index (χ1n) is 4.99. The lowest BCUT2D eigenvalue weighted by molar-refractivity contribution is 0.194. The molecule has 84 valence electrons. The number of aliphatic hydroxyl groups is 1. The standard InChI is InChI=1S/C11H18N2OS/c1-9(14)11-5-4-10(8-12-11)13(2)6-7-15-3/h4-5,8-9,14H,6-7H2,1-3H3/t9-/m1/s1. The summed E-state index contributed by atoms with van der Waals surface area (Å²) in [5.41, 5.74) is 1.81. The molecule has 1 N–H and O–H groups in total. The Morgan fingerprint density at radius 3 is 2.73 bits per heavy atom. The smallest absolute Gasteiger partial charge is 0.0931 e. The first-order valence-corrected chi connectivity index (χ1v) is 6.38. The number of anilines is 1. The van der Waals surface area contributed by atoms with Gasteiger partial charge in [-0.2, -0.15) is 11.8 Å². The fraction of sp³-hybridized carbons (Fsp3) is 0.545. The molecule has 0 aliphatic heterocycles. The zero-order chi connectivity index (χ0) is 11.3. The van der Waals surface area contributed by atoms with E-state index >= 15 is 0 Å². The molecular formula is C11H18N2OS. The summed E-state index contributed by atoms with van der Waals surface area (Å²) in [7, 11) is 2.05. The fourth-order valence-electron chi connectivity index (χ4n) is 1.23. The van der Waals surface area contributed by atoms with Gasteiger partial charge in [-0.25, -0.2) is 0 Å². The van der Waals surface area contributed by atoms with E-state index in [4.69, 9.17) is 0 Å². The van der Waals surface area contributed by atoms with Gasteiger partial charge in [0.2, 0.25) is 0 Å². The minimum atomic E-state index is -0.490. The average Bonchev–Trinajstić information content (AvgIpc) is 2.26. The molecule has 0 spiro atoms. The molecule has 0 saturated carbocycles. The first kappa shape index (κ1) is 12.3. The molecule has 1 aromatic heterocycles. The van der Waals surface area contributed by atoms with Crippen LogP contribution in [0.1, 0.15) is 18.7 Å². The number of nitrogens with zero attached hydrogens (tertiary/aromatic N) is 2. The Hall–Kier alpha value is -0.740. The molecule has 0 aromatic carbocycles. The normalized spacial score (nSPS) is 12.5. The number of thioether (sulfide) groups is 1. The first-order chi connectivity index (χ1) is 7.15. The van der Waals surface area contributed by atoms with E-state index in [1.54, 1.807) is 6.92 Å². The summed E-state index contributed by atoms with van der Waals surface area (Å²) >= 11 is 1.83. The van der Waals surface area contributed by atoms with Crippen LogP contribution >= 0.6 is 11.8 Å². The molecule has 4 heteroatoms. The van der Waals surface area contributed by atoms with Crippen LogP contribution in [0, 0.1) is 0 Å². The van der Waals surface area contributed by atoms with Crippen LogP contribution in [0.3, 0.4) is 0 Å². The number of aliphatic hydroxyl groups excluding tert-OH is 1. The van der Waals surface area contributed by atoms with Crippen molar-refractivity contribution in [2.24, 2.45) is 0 Å². The summed E-state index contributed by atoms with van der Waals surface area (Å²) < 4.78 is 0. The van der Waals surface area contributed by atoms with Crippen LogP contribution in [-0.2, 0) is 0 Å². The van der Waals surface area contributed by atoms with Gasteiger partial charge in [-0.3, -0.25) is 4.98 Å².